The van der Waals surface area contributed by atoms with Crippen molar-refractivity contribution in [3.05, 3.63) is 36.2 Å². The van der Waals surface area contributed by atoms with Crippen molar-refractivity contribution >= 4 is 0 Å². The fourth-order valence-corrected chi connectivity index (χ4v) is 2.16. The summed E-state index contributed by atoms with van der Waals surface area (Å²) in [6.45, 7) is -0.0652. The van der Waals surface area contributed by atoms with Crippen LogP contribution in [0.15, 0.2) is 30.3 Å². The number of rotatable bonds is 2. The van der Waals surface area contributed by atoms with Gasteiger partial charge in [0.25, 0.3) is 0 Å². The normalized spacial score (nSPS) is 30.4. The van der Waals surface area contributed by atoms with E-state index < -0.39 is 24.4 Å². The van der Waals surface area contributed by atoms with E-state index in [4.69, 9.17) is 4.74 Å². The number of nitrogens with zero attached hydrogens (tertiary/aromatic N) is 2. The molecule has 20 heavy (non-hydrogen) atoms. The predicted molar refractivity (Wildman–Crippen MR) is 68.5 cm³/mol. The van der Waals surface area contributed by atoms with Gasteiger partial charge >= 0.3 is 0 Å². The van der Waals surface area contributed by atoms with Gasteiger partial charge in [-0.2, -0.15) is 5.10 Å². The van der Waals surface area contributed by atoms with E-state index in [1.54, 1.807) is 0 Å². The van der Waals surface area contributed by atoms with Crippen molar-refractivity contribution in [3.8, 4) is 11.4 Å². The van der Waals surface area contributed by atoms with Gasteiger partial charge in [-0.05, 0) is 0 Å². The highest BCUT2D eigenvalue weighted by Crippen LogP contribution is 2.27. The van der Waals surface area contributed by atoms with E-state index in [1.807, 2.05) is 30.3 Å². The molecule has 1 saturated heterocycles. The van der Waals surface area contributed by atoms with Gasteiger partial charge in [-0.15, -0.1) is 0 Å². The van der Waals surface area contributed by atoms with Gasteiger partial charge in [0.2, 0.25) is 0 Å². The zero-order chi connectivity index (χ0) is 14.1. The Morgan fingerprint density at radius 2 is 1.85 bits per heavy atom. The third kappa shape index (κ3) is 2.32. The van der Waals surface area contributed by atoms with Crippen LogP contribution in [-0.4, -0.2) is 55.4 Å². The lowest BCUT2D eigenvalue weighted by atomic mass is 10.00. The summed E-state index contributed by atoms with van der Waals surface area (Å²) >= 11 is 0. The summed E-state index contributed by atoms with van der Waals surface area (Å²) in [6.07, 6.45) is -4.45. The number of hydrogen-bond acceptors (Lipinski definition) is 6. The molecular weight excluding hydrogens is 262 g/mol. The van der Waals surface area contributed by atoms with Crippen molar-refractivity contribution in [2.45, 2.75) is 24.4 Å². The highest BCUT2D eigenvalue weighted by atomic mass is 16.5. The molecule has 0 unspecified atom stereocenters. The lowest BCUT2D eigenvalue weighted by Gasteiger charge is -2.33. The maximum atomic E-state index is 9.92. The first kappa shape index (κ1) is 13.2. The minimum atomic E-state index is -1.26. The second-order valence-corrected chi connectivity index (χ2v) is 4.71. The molecule has 0 saturated carbocycles. The SMILES string of the molecule is O[C@@H]1[C@@H](O)[C@H](c2nc(-c3ccccc3)n[nH]2)OC[C@H]1O. The molecule has 1 aliphatic rings. The van der Waals surface area contributed by atoms with Crippen molar-refractivity contribution in [1.29, 1.82) is 0 Å². The van der Waals surface area contributed by atoms with Gasteiger partial charge in [0.05, 0.1) is 6.61 Å². The van der Waals surface area contributed by atoms with Gasteiger partial charge in [0.15, 0.2) is 11.6 Å². The largest absolute Gasteiger partial charge is 0.388 e. The molecule has 2 aromatic rings. The maximum Gasteiger partial charge on any atom is 0.181 e. The van der Waals surface area contributed by atoms with E-state index in [0.717, 1.165) is 5.56 Å². The standard InChI is InChI=1S/C13H15N3O4/c17-8-6-20-11(10(19)9(8)18)13-14-12(15-16-13)7-4-2-1-3-5-7/h1-5,8-11,17-19H,6H2,(H,14,15,16)/t8-,9+,10-,11-/m1/s1. The van der Waals surface area contributed by atoms with Crippen molar-refractivity contribution < 1.29 is 20.1 Å². The lowest BCUT2D eigenvalue weighted by Crippen LogP contribution is -2.49. The van der Waals surface area contributed by atoms with E-state index in [9.17, 15) is 15.3 Å². The van der Waals surface area contributed by atoms with Crippen molar-refractivity contribution in [3.63, 3.8) is 0 Å². The minimum absolute atomic E-state index is 0.0652. The fraction of sp³-hybridized carbons (Fsp3) is 0.385. The summed E-state index contributed by atoms with van der Waals surface area (Å²) in [4.78, 5) is 4.27. The summed E-state index contributed by atoms with van der Waals surface area (Å²) in [5.41, 5.74) is 0.834. The zero-order valence-electron chi connectivity index (χ0n) is 10.5. The number of benzene rings is 1. The molecule has 0 bridgehead atoms. The molecule has 2 heterocycles. The van der Waals surface area contributed by atoms with Crippen LogP contribution >= 0.6 is 0 Å². The first-order valence-corrected chi connectivity index (χ1v) is 6.30. The van der Waals surface area contributed by atoms with E-state index in [2.05, 4.69) is 15.2 Å². The molecule has 3 rings (SSSR count). The predicted octanol–water partition coefficient (Wildman–Crippen LogP) is -0.374. The van der Waals surface area contributed by atoms with Crippen molar-refractivity contribution in [1.82, 2.24) is 15.2 Å². The summed E-state index contributed by atoms with van der Waals surface area (Å²) < 4.78 is 5.31. The van der Waals surface area contributed by atoms with Crippen LogP contribution in [0.1, 0.15) is 11.9 Å². The Bertz CT molecular complexity index is 574. The molecule has 0 amide bonds. The van der Waals surface area contributed by atoms with E-state index in [0.29, 0.717) is 11.6 Å². The molecule has 0 radical (unpaired) electrons. The van der Waals surface area contributed by atoms with Crippen LogP contribution in [0, 0.1) is 0 Å². The van der Waals surface area contributed by atoms with Crippen LogP contribution in [0.4, 0.5) is 0 Å². The van der Waals surface area contributed by atoms with Crippen LogP contribution in [0.2, 0.25) is 0 Å². The van der Waals surface area contributed by atoms with Gasteiger partial charge in [0.1, 0.15) is 24.4 Å². The smallest absolute Gasteiger partial charge is 0.181 e. The summed E-state index contributed by atoms with van der Waals surface area (Å²) in [7, 11) is 0. The molecule has 0 spiro atoms. The molecule has 106 valence electrons. The number of nitrogens with one attached hydrogen (secondary N) is 1. The average Bonchev–Trinajstić information content (AvgIpc) is 2.95. The Kier molecular flexibility index (Phi) is 3.49. The molecule has 4 N–H and O–H groups in total. The van der Waals surface area contributed by atoms with Gasteiger partial charge in [-0.25, -0.2) is 4.98 Å². The fourth-order valence-electron chi connectivity index (χ4n) is 2.16. The van der Waals surface area contributed by atoms with Gasteiger partial charge in [-0.3, -0.25) is 5.10 Å². The van der Waals surface area contributed by atoms with Crippen LogP contribution in [0.5, 0.6) is 0 Å². The molecule has 1 fully saturated rings. The average molecular weight is 277 g/mol. The Morgan fingerprint density at radius 3 is 2.60 bits per heavy atom. The highest BCUT2D eigenvalue weighted by Gasteiger charge is 2.40. The van der Waals surface area contributed by atoms with Gasteiger partial charge in [0, 0.05) is 5.56 Å². The van der Waals surface area contributed by atoms with Crippen molar-refractivity contribution in [2.24, 2.45) is 0 Å². The maximum absolute atomic E-state index is 9.92. The molecule has 7 nitrogen and oxygen atoms in total. The first-order chi connectivity index (χ1) is 9.66. The molecule has 1 aromatic carbocycles. The monoisotopic (exact) mass is 277 g/mol. The molecule has 4 atom stereocenters. The zero-order valence-corrected chi connectivity index (χ0v) is 10.5. The Labute approximate surface area is 114 Å². The molecular formula is C13H15N3O4. The second kappa shape index (κ2) is 5.29. The second-order valence-electron chi connectivity index (χ2n) is 4.71. The van der Waals surface area contributed by atoms with Gasteiger partial charge < -0.3 is 20.1 Å². The van der Waals surface area contributed by atoms with Crippen LogP contribution in [0.25, 0.3) is 11.4 Å². The minimum Gasteiger partial charge on any atom is -0.388 e. The van der Waals surface area contributed by atoms with E-state index >= 15 is 0 Å². The van der Waals surface area contributed by atoms with E-state index in [-0.39, 0.29) is 6.61 Å². The van der Waals surface area contributed by atoms with E-state index in [1.165, 1.54) is 0 Å². The molecule has 0 aliphatic carbocycles. The summed E-state index contributed by atoms with van der Waals surface area (Å²) in [5, 5.41) is 35.8. The lowest BCUT2D eigenvalue weighted by molar-refractivity contribution is -0.191. The number of ether oxygens (including phenoxy) is 1. The third-order valence-corrected chi connectivity index (χ3v) is 3.31. The van der Waals surface area contributed by atoms with Crippen LogP contribution < -0.4 is 0 Å². The number of aromatic nitrogens is 3. The third-order valence-electron chi connectivity index (χ3n) is 3.31. The number of H-pyrrole nitrogens is 1. The van der Waals surface area contributed by atoms with Crippen LogP contribution in [0.3, 0.4) is 0 Å². The quantitative estimate of drug-likeness (QED) is 0.596. The number of aliphatic hydroxyl groups excluding tert-OH is 3. The number of aromatic amines is 1. The van der Waals surface area contributed by atoms with Crippen molar-refractivity contribution in [2.75, 3.05) is 6.61 Å². The summed E-state index contributed by atoms with van der Waals surface area (Å²) in [5.74, 6) is 0.805. The number of hydrogen-bond donors (Lipinski definition) is 4. The topological polar surface area (TPSA) is 111 Å². The number of aliphatic hydroxyl groups is 3. The Hall–Kier alpha value is -1.80. The Morgan fingerprint density at radius 1 is 1.10 bits per heavy atom. The van der Waals surface area contributed by atoms with Gasteiger partial charge in [-0.1, -0.05) is 30.3 Å². The molecule has 7 heteroatoms. The highest BCUT2D eigenvalue weighted by molar-refractivity contribution is 5.53. The van der Waals surface area contributed by atoms with Crippen LogP contribution in [-0.2, 0) is 4.74 Å². The first-order valence-electron chi connectivity index (χ1n) is 6.30. The Balaban J connectivity index is 1.84. The molecule has 1 aliphatic heterocycles. The molecule has 1 aromatic heterocycles. The summed E-state index contributed by atoms with van der Waals surface area (Å²) in [6, 6.07) is 9.37.